The molecule has 0 saturated heterocycles. The fraction of sp³-hybridized carbons (Fsp3) is 0.800. The molecule has 0 rings (SSSR count). The molecule has 0 fully saturated rings. The zero-order valence-corrected chi connectivity index (χ0v) is 9.37. The van der Waals surface area contributed by atoms with E-state index in [2.05, 4.69) is 4.74 Å². The lowest BCUT2D eigenvalue weighted by atomic mass is 10.1. The van der Waals surface area contributed by atoms with E-state index in [0.717, 1.165) is 12.8 Å². The van der Waals surface area contributed by atoms with Crippen molar-refractivity contribution in [1.29, 1.82) is 0 Å². The Kier molecular flexibility index (Phi) is 5.92. The van der Waals surface area contributed by atoms with Crippen LogP contribution in [0.4, 0.5) is 0 Å². The van der Waals surface area contributed by atoms with E-state index >= 15 is 0 Å². The van der Waals surface area contributed by atoms with Crippen LogP contribution in [-0.2, 0) is 14.3 Å². The number of esters is 1. The van der Waals surface area contributed by atoms with Crippen LogP contribution in [0.2, 0.25) is 0 Å². The molecule has 0 bridgehead atoms. The van der Waals surface area contributed by atoms with Crippen molar-refractivity contribution in [2.24, 2.45) is 0 Å². The molecule has 1 amide bonds. The van der Waals surface area contributed by atoms with Crippen LogP contribution in [0, 0.1) is 0 Å². The Morgan fingerprint density at radius 3 is 2.36 bits per heavy atom. The Bertz CT molecular complexity index is 204. The number of amides is 1. The summed E-state index contributed by atoms with van der Waals surface area (Å²) in [6, 6.07) is -0.433. The molecule has 0 aliphatic rings. The van der Waals surface area contributed by atoms with Gasteiger partial charge in [-0.25, -0.2) is 4.79 Å². The van der Waals surface area contributed by atoms with Gasteiger partial charge in [0.1, 0.15) is 6.04 Å². The Morgan fingerprint density at radius 1 is 1.43 bits per heavy atom. The molecule has 0 spiro atoms. The minimum absolute atomic E-state index is 0.114. The third kappa shape index (κ3) is 3.77. The Labute approximate surface area is 85.2 Å². The fourth-order valence-corrected chi connectivity index (χ4v) is 1.22. The molecule has 14 heavy (non-hydrogen) atoms. The molecule has 1 unspecified atom stereocenters. The predicted octanol–water partition coefficient (Wildman–Crippen LogP) is 1.20. The van der Waals surface area contributed by atoms with Crippen molar-refractivity contribution < 1.29 is 14.3 Å². The number of likely N-dealkylation sites (N-methyl/N-ethyl adjacent to an activating group) is 1. The molecule has 0 heterocycles. The molecule has 0 aromatic rings. The van der Waals surface area contributed by atoms with Gasteiger partial charge >= 0.3 is 5.97 Å². The van der Waals surface area contributed by atoms with E-state index in [0.29, 0.717) is 6.42 Å². The topological polar surface area (TPSA) is 46.6 Å². The average molecular weight is 201 g/mol. The second kappa shape index (κ2) is 6.40. The molecule has 0 aliphatic heterocycles. The summed E-state index contributed by atoms with van der Waals surface area (Å²) < 4.78 is 4.65. The molecule has 0 aromatic heterocycles. The van der Waals surface area contributed by atoms with E-state index in [1.807, 2.05) is 6.92 Å². The minimum atomic E-state index is -0.433. The van der Waals surface area contributed by atoms with Gasteiger partial charge in [0.25, 0.3) is 0 Å². The normalized spacial score (nSPS) is 12.0. The van der Waals surface area contributed by atoms with Gasteiger partial charge in [0.15, 0.2) is 0 Å². The average Bonchev–Trinajstić information content (AvgIpc) is 2.17. The Hall–Kier alpha value is -1.06. The summed E-state index contributed by atoms with van der Waals surface area (Å²) in [6.07, 6.45) is 2.58. The van der Waals surface area contributed by atoms with Crippen molar-refractivity contribution in [3.8, 4) is 0 Å². The van der Waals surface area contributed by atoms with Crippen molar-refractivity contribution >= 4 is 11.9 Å². The van der Waals surface area contributed by atoms with E-state index in [4.69, 9.17) is 0 Å². The summed E-state index contributed by atoms with van der Waals surface area (Å²) in [4.78, 5) is 23.9. The lowest BCUT2D eigenvalue weighted by Crippen LogP contribution is -2.41. The largest absolute Gasteiger partial charge is 0.467 e. The molecule has 4 heteroatoms. The molecule has 0 N–H and O–H groups in total. The quantitative estimate of drug-likeness (QED) is 0.628. The Morgan fingerprint density at radius 2 is 2.00 bits per heavy atom. The maximum atomic E-state index is 11.3. The number of methoxy groups -OCH3 is 1. The minimum Gasteiger partial charge on any atom is -0.467 e. The smallest absolute Gasteiger partial charge is 0.328 e. The lowest BCUT2D eigenvalue weighted by molar-refractivity contribution is -0.151. The number of hydrogen-bond donors (Lipinski definition) is 0. The van der Waals surface area contributed by atoms with Crippen LogP contribution in [0.15, 0.2) is 0 Å². The van der Waals surface area contributed by atoms with Crippen LogP contribution >= 0.6 is 0 Å². The van der Waals surface area contributed by atoms with Gasteiger partial charge in [0.05, 0.1) is 7.11 Å². The third-order valence-corrected chi connectivity index (χ3v) is 2.27. The van der Waals surface area contributed by atoms with Crippen molar-refractivity contribution in [2.75, 3.05) is 14.2 Å². The molecule has 4 nitrogen and oxygen atoms in total. The molecular weight excluding hydrogens is 182 g/mol. The van der Waals surface area contributed by atoms with Gasteiger partial charge < -0.3 is 9.64 Å². The zero-order chi connectivity index (χ0) is 11.1. The van der Waals surface area contributed by atoms with Crippen LogP contribution in [0.5, 0.6) is 0 Å². The third-order valence-electron chi connectivity index (χ3n) is 2.27. The van der Waals surface area contributed by atoms with Crippen LogP contribution < -0.4 is 0 Å². The molecule has 0 aromatic carbocycles. The van der Waals surface area contributed by atoms with E-state index in [1.54, 1.807) is 7.05 Å². The van der Waals surface area contributed by atoms with Crippen molar-refractivity contribution in [1.82, 2.24) is 4.90 Å². The van der Waals surface area contributed by atoms with E-state index in [1.165, 1.54) is 18.9 Å². The van der Waals surface area contributed by atoms with Crippen LogP contribution in [0.1, 0.15) is 33.1 Å². The molecule has 0 saturated carbocycles. The first-order valence-electron chi connectivity index (χ1n) is 4.85. The number of hydrogen-bond acceptors (Lipinski definition) is 3. The van der Waals surface area contributed by atoms with Gasteiger partial charge in [0, 0.05) is 14.0 Å². The summed E-state index contributed by atoms with van der Waals surface area (Å²) in [5.41, 5.74) is 0. The number of nitrogens with zero attached hydrogens (tertiary/aromatic N) is 1. The number of carbonyl (C=O) groups is 2. The zero-order valence-electron chi connectivity index (χ0n) is 9.37. The summed E-state index contributed by atoms with van der Waals surface area (Å²) in [7, 11) is 2.97. The predicted molar refractivity (Wildman–Crippen MR) is 53.8 cm³/mol. The first-order chi connectivity index (χ1) is 6.54. The monoisotopic (exact) mass is 201 g/mol. The highest BCUT2D eigenvalue weighted by atomic mass is 16.5. The van der Waals surface area contributed by atoms with Crippen molar-refractivity contribution in [2.45, 2.75) is 39.2 Å². The van der Waals surface area contributed by atoms with Gasteiger partial charge in [-0.1, -0.05) is 19.8 Å². The standard InChI is InChI=1S/C10H19NO3/c1-5-6-7-9(10(13)14-4)11(3)8(2)12/h9H,5-7H2,1-4H3. The van der Waals surface area contributed by atoms with Gasteiger partial charge in [0.2, 0.25) is 5.91 Å². The highest BCUT2D eigenvalue weighted by molar-refractivity contribution is 5.83. The van der Waals surface area contributed by atoms with E-state index in [9.17, 15) is 9.59 Å². The number of ether oxygens (including phenoxy) is 1. The van der Waals surface area contributed by atoms with Gasteiger partial charge in [-0.05, 0) is 6.42 Å². The molecule has 82 valence electrons. The van der Waals surface area contributed by atoms with Gasteiger partial charge in [-0.2, -0.15) is 0 Å². The van der Waals surface area contributed by atoms with Gasteiger partial charge in [-0.3, -0.25) is 4.79 Å². The second-order valence-electron chi connectivity index (χ2n) is 3.31. The Balaban J connectivity index is 4.37. The van der Waals surface area contributed by atoms with E-state index < -0.39 is 6.04 Å². The van der Waals surface area contributed by atoms with Crippen molar-refractivity contribution in [3.05, 3.63) is 0 Å². The number of unbranched alkanes of at least 4 members (excludes halogenated alkanes) is 1. The summed E-state index contributed by atoms with van der Waals surface area (Å²) in [5, 5.41) is 0. The van der Waals surface area contributed by atoms with Crippen molar-refractivity contribution in [3.63, 3.8) is 0 Å². The SMILES string of the molecule is CCCCC(C(=O)OC)N(C)C(C)=O. The van der Waals surface area contributed by atoms with Crippen LogP contribution in [0.25, 0.3) is 0 Å². The summed E-state index contributed by atoms with van der Waals surface area (Å²) in [5.74, 6) is -0.451. The summed E-state index contributed by atoms with van der Waals surface area (Å²) >= 11 is 0. The molecular formula is C10H19NO3. The highest BCUT2D eigenvalue weighted by Crippen LogP contribution is 2.09. The first-order valence-corrected chi connectivity index (χ1v) is 4.85. The summed E-state index contributed by atoms with van der Waals surface area (Å²) in [6.45, 7) is 3.49. The second-order valence-corrected chi connectivity index (χ2v) is 3.31. The van der Waals surface area contributed by atoms with E-state index in [-0.39, 0.29) is 11.9 Å². The molecule has 1 atom stereocenters. The highest BCUT2D eigenvalue weighted by Gasteiger charge is 2.24. The maximum absolute atomic E-state index is 11.3. The number of carbonyl (C=O) groups excluding carboxylic acids is 2. The maximum Gasteiger partial charge on any atom is 0.328 e. The van der Waals surface area contributed by atoms with Gasteiger partial charge in [-0.15, -0.1) is 0 Å². The van der Waals surface area contributed by atoms with Crippen LogP contribution in [0.3, 0.4) is 0 Å². The molecule has 0 radical (unpaired) electrons. The molecule has 0 aliphatic carbocycles. The number of rotatable bonds is 5. The first kappa shape index (κ1) is 12.9. The van der Waals surface area contributed by atoms with Crippen LogP contribution in [-0.4, -0.2) is 37.0 Å². The fourth-order valence-electron chi connectivity index (χ4n) is 1.22. The lowest BCUT2D eigenvalue weighted by Gasteiger charge is -2.24.